The molecule has 0 spiro atoms. The normalized spacial score (nSPS) is 26.0. The predicted octanol–water partition coefficient (Wildman–Crippen LogP) is 2.76. The van der Waals surface area contributed by atoms with Gasteiger partial charge < -0.3 is 5.32 Å². The fourth-order valence-electron chi connectivity index (χ4n) is 2.50. The maximum Gasteiger partial charge on any atom is 0.0219 e. The van der Waals surface area contributed by atoms with Crippen LogP contribution in [0.1, 0.15) is 33.1 Å². The van der Waals surface area contributed by atoms with Crippen LogP contribution in [0.3, 0.4) is 0 Å². The molecule has 1 aliphatic rings. The van der Waals surface area contributed by atoms with E-state index in [-0.39, 0.29) is 0 Å². The Labute approximate surface area is 111 Å². The smallest absolute Gasteiger partial charge is 0.0219 e. The third kappa shape index (κ3) is 5.45. The Kier molecular flexibility index (Phi) is 7.99. The first-order chi connectivity index (χ1) is 8.31. The molecule has 1 N–H and O–H groups in total. The molecule has 1 saturated heterocycles. The van der Waals surface area contributed by atoms with E-state index in [1.165, 1.54) is 44.6 Å². The fourth-order valence-corrected chi connectivity index (χ4v) is 3.19. The summed E-state index contributed by atoms with van der Waals surface area (Å²) in [6.07, 6.45) is 5.86. The zero-order valence-corrected chi connectivity index (χ0v) is 12.3. The maximum absolute atomic E-state index is 3.77. The Bertz CT molecular complexity index is 208. The fraction of sp³-hybridized carbons (Fsp3) is 0.857. The van der Waals surface area contributed by atoms with Crippen molar-refractivity contribution in [1.29, 1.82) is 0 Å². The lowest BCUT2D eigenvalue weighted by atomic mass is 10.0. The van der Waals surface area contributed by atoms with Crippen LogP contribution >= 0.6 is 11.8 Å². The van der Waals surface area contributed by atoms with Gasteiger partial charge in [-0.25, -0.2) is 0 Å². The van der Waals surface area contributed by atoms with Crippen molar-refractivity contribution in [3.63, 3.8) is 0 Å². The minimum atomic E-state index is 0.715. The van der Waals surface area contributed by atoms with Gasteiger partial charge in [0.05, 0.1) is 0 Å². The molecule has 0 radical (unpaired) electrons. The van der Waals surface area contributed by atoms with Crippen LogP contribution in [0, 0.1) is 0 Å². The van der Waals surface area contributed by atoms with Crippen molar-refractivity contribution in [2.75, 3.05) is 31.1 Å². The van der Waals surface area contributed by atoms with Crippen LogP contribution in [0.25, 0.3) is 0 Å². The van der Waals surface area contributed by atoms with Crippen molar-refractivity contribution in [1.82, 2.24) is 10.2 Å². The maximum atomic E-state index is 3.77. The zero-order chi connectivity index (χ0) is 12.5. The number of hydrogen-bond acceptors (Lipinski definition) is 3. The van der Waals surface area contributed by atoms with Gasteiger partial charge in [0.25, 0.3) is 0 Å². The highest BCUT2D eigenvalue weighted by atomic mass is 32.2. The highest BCUT2D eigenvalue weighted by Gasteiger charge is 2.25. The second-order valence-corrected chi connectivity index (χ2v) is 5.96. The lowest BCUT2D eigenvalue weighted by Gasteiger charge is -2.40. The predicted molar refractivity (Wildman–Crippen MR) is 79.9 cm³/mol. The summed E-state index contributed by atoms with van der Waals surface area (Å²) in [4.78, 5) is 2.69. The lowest BCUT2D eigenvalue weighted by molar-refractivity contribution is 0.131. The molecule has 2 atom stereocenters. The first-order valence-electron chi connectivity index (χ1n) is 6.97. The van der Waals surface area contributed by atoms with E-state index in [2.05, 4.69) is 30.6 Å². The van der Waals surface area contributed by atoms with Gasteiger partial charge in [-0.15, -0.1) is 6.58 Å². The van der Waals surface area contributed by atoms with E-state index in [1.807, 2.05) is 17.8 Å². The van der Waals surface area contributed by atoms with Crippen LogP contribution < -0.4 is 5.32 Å². The first kappa shape index (κ1) is 15.1. The molecule has 0 saturated carbocycles. The van der Waals surface area contributed by atoms with Gasteiger partial charge in [-0.3, -0.25) is 4.90 Å². The molecule has 0 aromatic heterocycles. The molecule has 2 unspecified atom stereocenters. The molecular formula is C14H28N2S. The van der Waals surface area contributed by atoms with E-state index < -0.39 is 0 Å². The van der Waals surface area contributed by atoms with Crippen molar-refractivity contribution < 1.29 is 0 Å². The molecule has 17 heavy (non-hydrogen) atoms. The average molecular weight is 256 g/mol. The van der Waals surface area contributed by atoms with Crippen LogP contribution in [0.4, 0.5) is 0 Å². The number of nitrogens with zero attached hydrogens (tertiary/aromatic N) is 1. The summed E-state index contributed by atoms with van der Waals surface area (Å²) in [5.41, 5.74) is 0. The standard InChI is InChI=1S/C14H28N2S/c1-4-7-13-12-16(8-10-17-9-5-2)14(6-3)11-15-13/h5,13-15H,2,4,6-12H2,1,3H3. The van der Waals surface area contributed by atoms with E-state index in [1.54, 1.807) is 0 Å². The van der Waals surface area contributed by atoms with Gasteiger partial charge in [0.1, 0.15) is 0 Å². The third-order valence-electron chi connectivity index (χ3n) is 3.48. The molecule has 0 bridgehead atoms. The average Bonchev–Trinajstić information content (AvgIpc) is 2.35. The summed E-state index contributed by atoms with van der Waals surface area (Å²) in [7, 11) is 0. The molecule has 1 fully saturated rings. The molecule has 3 heteroatoms. The molecular weight excluding hydrogens is 228 g/mol. The number of rotatable bonds is 8. The first-order valence-corrected chi connectivity index (χ1v) is 8.13. The molecule has 2 nitrogen and oxygen atoms in total. The monoisotopic (exact) mass is 256 g/mol. The molecule has 0 aromatic rings. The Hall–Kier alpha value is 0.01000. The van der Waals surface area contributed by atoms with Crippen LogP contribution in [0.2, 0.25) is 0 Å². The number of thioether (sulfide) groups is 1. The lowest BCUT2D eigenvalue weighted by Crippen LogP contribution is -2.56. The summed E-state index contributed by atoms with van der Waals surface area (Å²) >= 11 is 1.99. The minimum absolute atomic E-state index is 0.715. The van der Waals surface area contributed by atoms with Gasteiger partial charge >= 0.3 is 0 Å². The summed E-state index contributed by atoms with van der Waals surface area (Å²) in [5, 5.41) is 3.69. The molecule has 0 amide bonds. The third-order valence-corrected chi connectivity index (χ3v) is 4.42. The SMILES string of the molecule is C=CCSCCN1CC(CCC)NCC1CC. The Morgan fingerprint density at radius 1 is 1.47 bits per heavy atom. The Morgan fingerprint density at radius 2 is 2.29 bits per heavy atom. The van der Waals surface area contributed by atoms with E-state index in [4.69, 9.17) is 0 Å². The zero-order valence-electron chi connectivity index (χ0n) is 11.5. The second-order valence-electron chi connectivity index (χ2n) is 4.81. The largest absolute Gasteiger partial charge is 0.311 e. The molecule has 100 valence electrons. The quantitative estimate of drug-likeness (QED) is 0.531. The Balaban J connectivity index is 2.31. The Morgan fingerprint density at radius 3 is 2.94 bits per heavy atom. The van der Waals surface area contributed by atoms with E-state index in [0.717, 1.165) is 11.8 Å². The van der Waals surface area contributed by atoms with E-state index in [0.29, 0.717) is 6.04 Å². The van der Waals surface area contributed by atoms with Crippen molar-refractivity contribution >= 4 is 11.8 Å². The van der Waals surface area contributed by atoms with Gasteiger partial charge in [-0.05, 0) is 12.8 Å². The summed E-state index contributed by atoms with van der Waals surface area (Å²) in [5.74, 6) is 2.32. The van der Waals surface area contributed by atoms with Crippen LogP contribution in [-0.2, 0) is 0 Å². The number of hydrogen-bond donors (Lipinski definition) is 1. The minimum Gasteiger partial charge on any atom is -0.311 e. The van der Waals surface area contributed by atoms with Crippen molar-refractivity contribution in [3.05, 3.63) is 12.7 Å². The summed E-state index contributed by atoms with van der Waals surface area (Å²) in [6.45, 7) is 12.0. The number of nitrogens with one attached hydrogen (secondary N) is 1. The van der Waals surface area contributed by atoms with Gasteiger partial charge in [0.15, 0.2) is 0 Å². The van der Waals surface area contributed by atoms with Crippen LogP contribution in [-0.4, -0.2) is 48.1 Å². The summed E-state index contributed by atoms with van der Waals surface area (Å²) in [6, 6.07) is 1.46. The molecule has 1 rings (SSSR count). The summed E-state index contributed by atoms with van der Waals surface area (Å²) < 4.78 is 0. The second kappa shape index (κ2) is 9.01. The topological polar surface area (TPSA) is 15.3 Å². The van der Waals surface area contributed by atoms with Gasteiger partial charge in [-0.2, -0.15) is 11.8 Å². The highest BCUT2D eigenvalue weighted by Crippen LogP contribution is 2.14. The van der Waals surface area contributed by atoms with Crippen LogP contribution in [0.5, 0.6) is 0 Å². The van der Waals surface area contributed by atoms with Crippen molar-refractivity contribution in [2.45, 2.75) is 45.2 Å². The molecule has 0 aromatic carbocycles. The highest BCUT2D eigenvalue weighted by molar-refractivity contribution is 7.99. The van der Waals surface area contributed by atoms with Gasteiger partial charge in [0.2, 0.25) is 0 Å². The van der Waals surface area contributed by atoms with E-state index in [9.17, 15) is 0 Å². The van der Waals surface area contributed by atoms with Crippen molar-refractivity contribution in [3.8, 4) is 0 Å². The van der Waals surface area contributed by atoms with Gasteiger partial charge in [0, 0.05) is 43.2 Å². The molecule has 0 aliphatic carbocycles. The van der Waals surface area contributed by atoms with Gasteiger partial charge in [-0.1, -0.05) is 26.3 Å². The molecule has 1 aliphatic heterocycles. The van der Waals surface area contributed by atoms with E-state index >= 15 is 0 Å². The number of piperazine rings is 1. The van der Waals surface area contributed by atoms with Crippen molar-refractivity contribution in [2.24, 2.45) is 0 Å². The van der Waals surface area contributed by atoms with Crippen LogP contribution in [0.15, 0.2) is 12.7 Å². The molecule has 1 heterocycles.